The number of fused-ring (bicyclic) bond motifs is 1. The van der Waals surface area contributed by atoms with Gasteiger partial charge in [-0.25, -0.2) is 0 Å². The Morgan fingerprint density at radius 3 is 2.53 bits per heavy atom. The van der Waals surface area contributed by atoms with Crippen LogP contribution in [0.2, 0.25) is 5.02 Å². The topological polar surface area (TPSA) is 106 Å². The highest BCUT2D eigenvalue weighted by atomic mass is 35.5. The molecule has 1 aromatic heterocycles. The van der Waals surface area contributed by atoms with Gasteiger partial charge in [-0.3, -0.25) is 4.79 Å². The number of nitrogens with zero attached hydrogens (tertiary/aromatic N) is 3. The monoisotopic (exact) mass is 470 g/mol. The van der Waals surface area contributed by atoms with Crippen LogP contribution < -0.4 is 19.7 Å². The van der Waals surface area contributed by atoms with E-state index in [0.29, 0.717) is 31.7 Å². The quantitative estimate of drug-likeness (QED) is 0.399. The number of aliphatic hydroxyl groups is 1. The average molecular weight is 471 g/mol. The van der Waals surface area contributed by atoms with Gasteiger partial charge < -0.3 is 25.7 Å². The second-order valence-corrected chi connectivity index (χ2v) is 7.10. The van der Waals surface area contributed by atoms with Gasteiger partial charge in [0.25, 0.3) is 11.0 Å². The minimum Gasteiger partial charge on any atom is -0.618 e. The maximum atomic E-state index is 13.4. The molecule has 13 heteroatoms. The summed E-state index contributed by atoms with van der Waals surface area (Å²) in [6.45, 7) is 2.27. The van der Waals surface area contributed by atoms with E-state index < -0.39 is 39.1 Å². The van der Waals surface area contributed by atoms with E-state index in [2.05, 4.69) is 5.32 Å². The summed E-state index contributed by atoms with van der Waals surface area (Å²) >= 11 is 6.26. The maximum absolute atomic E-state index is 13.4. The third-order valence-electron chi connectivity index (χ3n) is 4.84. The predicted octanol–water partition coefficient (Wildman–Crippen LogP) is 1.56. The Hall–Kier alpha value is -2.08. The third-order valence-corrected chi connectivity index (χ3v) is 5.14. The molecule has 0 aliphatic carbocycles. The van der Waals surface area contributed by atoms with Crippen molar-refractivity contribution in [1.82, 2.24) is 5.32 Å². The van der Waals surface area contributed by atoms with Crippen LogP contribution >= 0.6 is 24.0 Å². The Balaban J connectivity index is 0.00000320. The summed E-state index contributed by atoms with van der Waals surface area (Å²) in [5, 5.41) is 37.5. The van der Waals surface area contributed by atoms with Crippen molar-refractivity contribution < 1.29 is 32.5 Å². The van der Waals surface area contributed by atoms with Crippen LogP contribution in [0.1, 0.15) is 29.5 Å². The summed E-state index contributed by atoms with van der Waals surface area (Å²) in [6, 6.07) is 2.02. The zero-order valence-electron chi connectivity index (χ0n) is 15.7. The van der Waals surface area contributed by atoms with Crippen LogP contribution in [0.25, 0.3) is 11.0 Å². The number of alkyl halides is 3. The van der Waals surface area contributed by atoms with Gasteiger partial charge in [0.05, 0.1) is 10.7 Å². The molecule has 1 unspecified atom stereocenters. The van der Waals surface area contributed by atoms with Crippen molar-refractivity contribution in [1.29, 1.82) is 0 Å². The molecule has 2 N–H and O–H groups in total. The van der Waals surface area contributed by atoms with E-state index in [0.717, 1.165) is 13.0 Å². The molecule has 1 aromatic carbocycles. The molecule has 0 spiro atoms. The number of aliphatic hydroxyl groups excluding tert-OH is 1. The van der Waals surface area contributed by atoms with Crippen LogP contribution in [-0.2, 0) is 6.18 Å². The predicted molar refractivity (Wildman–Crippen MR) is 105 cm³/mol. The lowest BCUT2D eigenvalue weighted by molar-refractivity contribution is -0.647. The van der Waals surface area contributed by atoms with Gasteiger partial charge in [-0.15, -0.1) is 17.1 Å². The van der Waals surface area contributed by atoms with Gasteiger partial charge in [-0.2, -0.15) is 17.9 Å². The summed E-state index contributed by atoms with van der Waals surface area (Å²) in [7, 11) is 0. The molecule has 0 saturated carbocycles. The first kappa shape index (κ1) is 24.2. The lowest BCUT2D eigenvalue weighted by Gasteiger charge is -2.38. The van der Waals surface area contributed by atoms with Crippen LogP contribution in [-0.4, -0.2) is 43.2 Å². The van der Waals surface area contributed by atoms with Crippen molar-refractivity contribution in [3.05, 3.63) is 39.0 Å². The standard InChI is InChI=1S/C17H18ClF3N4O4.ClH/c1-9(27)15-16(17(19,20)21)25(29)13-6-11(18)12(7-14(13)24(15)28)23-4-3-22-8-10(23)2-5-26;/h6-7,10,22,26H,2-5,8H2,1H3;1H. The number of hydrogen-bond donors (Lipinski definition) is 2. The van der Waals surface area contributed by atoms with E-state index >= 15 is 0 Å². The number of carbonyl (C=O) groups excluding carboxylic acids is 1. The summed E-state index contributed by atoms with van der Waals surface area (Å²) in [5.41, 5.74) is -3.83. The van der Waals surface area contributed by atoms with Crippen molar-refractivity contribution in [2.45, 2.75) is 25.6 Å². The molecule has 2 heterocycles. The molecule has 0 amide bonds. The molecular weight excluding hydrogens is 452 g/mol. The van der Waals surface area contributed by atoms with Crippen molar-refractivity contribution >= 4 is 46.5 Å². The van der Waals surface area contributed by atoms with Gasteiger partial charge in [-0.1, -0.05) is 11.6 Å². The number of aromatic nitrogens is 2. The second-order valence-electron chi connectivity index (χ2n) is 6.70. The highest BCUT2D eigenvalue weighted by molar-refractivity contribution is 6.34. The van der Waals surface area contributed by atoms with Crippen LogP contribution in [0.5, 0.6) is 0 Å². The van der Waals surface area contributed by atoms with Gasteiger partial charge in [0.15, 0.2) is 0 Å². The minimum atomic E-state index is -5.21. The molecule has 3 rings (SSSR count). The average Bonchev–Trinajstić information content (AvgIpc) is 2.63. The van der Waals surface area contributed by atoms with E-state index in [1.165, 1.54) is 6.07 Å². The van der Waals surface area contributed by atoms with E-state index in [1.54, 1.807) is 0 Å². The fourth-order valence-corrected chi connectivity index (χ4v) is 3.83. The van der Waals surface area contributed by atoms with E-state index in [9.17, 15) is 33.5 Å². The SMILES string of the molecule is CC(=O)c1c(C(F)(F)F)[n+]([O-])c2cc(Cl)c(N3CCNCC3CCO)cc2[n+]1[O-].Cl. The minimum absolute atomic E-state index is 0. The molecule has 2 aromatic rings. The van der Waals surface area contributed by atoms with Crippen molar-refractivity contribution in [2.24, 2.45) is 0 Å². The zero-order valence-corrected chi connectivity index (χ0v) is 17.3. The van der Waals surface area contributed by atoms with Gasteiger partial charge in [-0.05, 0) is 6.42 Å². The van der Waals surface area contributed by atoms with E-state index in [-0.39, 0.29) is 34.8 Å². The van der Waals surface area contributed by atoms with Crippen LogP contribution in [0, 0.1) is 10.4 Å². The molecule has 1 fully saturated rings. The lowest BCUT2D eigenvalue weighted by atomic mass is 10.1. The Morgan fingerprint density at radius 2 is 1.97 bits per heavy atom. The van der Waals surface area contributed by atoms with Crippen molar-refractivity contribution in [2.75, 3.05) is 31.1 Å². The zero-order chi connectivity index (χ0) is 21.5. The molecule has 1 aliphatic heterocycles. The number of piperazine rings is 1. The molecule has 8 nitrogen and oxygen atoms in total. The number of anilines is 1. The maximum Gasteiger partial charge on any atom is 0.486 e. The summed E-state index contributed by atoms with van der Waals surface area (Å²) in [4.78, 5) is 13.6. The number of ketones is 1. The van der Waals surface area contributed by atoms with Crippen molar-refractivity contribution in [3.63, 3.8) is 0 Å². The molecule has 166 valence electrons. The third kappa shape index (κ3) is 4.20. The second kappa shape index (κ2) is 8.96. The van der Waals surface area contributed by atoms with E-state index in [4.69, 9.17) is 11.6 Å². The van der Waals surface area contributed by atoms with Gasteiger partial charge in [0.2, 0.25) is 5.78 Å². The van der Waals surface area contributed by atoms with Gasteiger partial charge in [0.1, 0.15) is 0 Å². The smallest absolute Gasteiger partial charge is 0.486 e. The Morgan fingerprint density at radius 1 is 1.33 bits per heavy atom. The molecule has 0 bridgehead atoms. The van der Waals surface area contributed by atoms with Gasteiger partial charge in [0, 0.05) is 51.3 Å². The molecule has 30 heavy (non-hydrogen) atoms. The fourth-order valence-electron chi connectivity index (χ4n) is 3.56. The lowest BCUT2D eigenvalue weighted by Crippen LogP contribution is -2.52. The number of nitrogens with one attached hydrogen (secondary N) is 1. The van der Waals surface area contributed by atoms with E-state index in [1.807, 2.05) is 4.90 Å². The van der Waals surface area contributed by atoms with Crippen LogP contribution in [0.4, 0.5) is 18.9 Å². The molecule has 1 aliphatic rings. The Bertz CT molecular complexity index is 973. The molecule has 0 radical (unpaired) electrons. The van der Waals surface area contributed by atoms with Gasteiger partial charge >= 0.3 is 17.6 Å². The fraction of sp³-hybridized carbons (Fsp3) is 0.471. The number of carbonyl (C=O) groups is 1. The first-order valence-corrected chi connectivity index (χ1v) is 9.14. The van der Waals surface area contributed by atoms with Crippen LogP contribution in [0.15, 0.2) is 12.1 Å². The summed E-state index contributed by atoms with van der Waals surface area (Å²) < 4.78 is 39.5. The number of rotatable bonds is 4. The normalized spacial score (nSPS) is 17.1. The highest BCUT2D eigenvalue weighted by Crippen LogP contribution is 2.34. The van der Waals surface area contributed by atoms with Crippen molar-refractivity contribution in [3.8, 4) is 0 Å². The summed E-state index contributed by atoms with van der Waals surface area (Å²) in [6.07, 6.45) is -4.81. The molecule has 1 saturated heterocycles. The number of hydrogen-bond acceptors (Lipinski definition) is 6. The Kier molecular flexibility index (Phi) is 7.23. The Labute approximate surface area is 180 Å². The number of halogens is 5. The number of Topliss-reactive ketones (excluding diaryl/α,β-unsaturated/α-hetero) is 1. The first-order chi connectivity index (χ1) is 13.6. The largest absolute Gasteiger partial charge is 0.618 e. The van der Waals surface area contributed by atoms with Crippen LogP contribution in [0.3, 0.4) is 0 Å². The highest BCUT2D eigenvalue weighted by Gasteiger charge is 2.50. The molecular formula is C17H19Cl2F3N4O4. The molecule has 1 atom stereocenters. The number of benzene rings is 1. The summed E-state index contributed by atoms with van der Waals surface area (Å²) in [5.74, 6) is -1.18. The first-order valence-electron chi connectivity index (χ1n) is 8.76.